The molecule has 1 heterocycles. The zero-order valence-corrected chi connectivity index (χ0v) is 21.9. The molecule has 0 bridgehead atoms. The molecule has 12 heteroatoms. The lowest BCUT2D eigenvalue weighted by atomic mass is 10.1. The van der Waals surface area contributed by atoms with Crippen LogP contribution in [0.2, 0.25) is 0 Å². The fourth-order valence-electron chi connectivity index (χ4n) is 3.76. The number of hydrogen-bond acceptors (Lipinski definition) is 7. The zero-order valence-electron chi connectivity index (χ0n) is 21.1. The zero-order chi connectivity index (χ0) is 26.9. The molecule has 0 spiro atoms. The van der Waals surface area contributed by atoms with Crippen LogP contribution in [0.3, 0.4) is 0 Å². The number of nitro groups is 1. The third-order valence-corrected chi connectivity index (χ3v) is 7.70. The fraction of sp³-hybridized carbons (Fsp3) is 0.360. The molecule has 11 nitrogen and oxygen atoms in total. The number of benzene rings is 2. The summed E-state index contributed by atoms with van der Waals surface area (Å²) in [5, 5.41) is 18.7. The average Bonchev–Trinajstić information content (AvgIpc) is 3.60. The van der Waals surface area contributed by atoms with Crippen LogP contribution in [-0.2, 0) is 10.0 Å². The van der Waals surface area contributed by atoms with Crippen molar-refractivity contribution in [3.05, 3.63) is 68.9 Å². The summed E-state index contributed by atoms with van der Waals surface area (Å²) in [5.74, 6) is -0.374. The molecule has 1 fully saturated rings. The first-order valence-electron chi connectivity index (χ1n) is 12.0. The van der Waals surface area contributed by atoms with E-state index < -0.39 is 14.9 Å². The minimum atomic E-state index is -4.12. The molecular weight excluding hydrogens is 498 g/mol. The molecule has 1 aliphatic carbocycles. The quantitative estimate of drug-likeness (QED) is 0.298. The van der Waals surface area contributed by atoms with Crippen LogP contribution < -0.4 is 14.8 Å². The number of non-ortho nitro benzene ring substituents is 1. The number of nitrogens with one attached hydrogen (secondary N) is 2. The first-order chi connectivity index (χ1) is 17.5. The van der Waals surface area contributed by atoms with E-state index in [0.717, 1.165) is 23.6 Å². The van der Waals surface area contributed by atoms with Gasteiger partial charge in [0.15, 0.2) is 5.69 Å². The van der Waals surface area contributed by atoms with E-state index in [2.05, 4.69) is 15.1 Å². The lowest BCUT2D eigenvalue weighted by Crippen LogP contribution is -2.26. The van der Waals surface area contributed by atoms with Crippen molar-refractivity contribution in [2.24, 2.45) is 0 Å². The summed E-state index contributed by atoms with van der Waals surface area (Å²) < 4.78 is 36.4. The molecule has 1 amide bonds. The number of aryl methyl sites for hydroxylation is 1. The minimum absolute atomic E-state index is 0.117. The van der Waals surface area contributed by atoms with Crippen LogP contribution in [0.15, 0.2) is 41.3 Å². The van der Waals surface area contributed by atoms with Gasteiger partial charge in [0.05, 0.1) is 10.6 Å². The number of sulfonamides is 1. The highest BCUT2D eigenvalue weighted by atomic mass is 32.2. The summed E-state index contributed by atoms with van der Waals surface area (Å²) in [6.45, 7) is 7.90. The summed E-state index contributed by atoms with van der Waals surface area (Å²) in [5.41, 5.74) is 2.67. The number of hydrogen-bond donors (Lipinski definition) is 2. The predicted octanol–water partition coefficient (Wildman–Crippen LogP) is 4.08. The van der Waals surface area contributed by atoms with Crippen LogP contribution in [0.1, 0.15) is 53.4 Å². The van der Waals surface area contributed by atoms with Crippen LogP contribution in [0.4, 0.5) is 5.69 Å². The molecule has 196 valence electrons. The molecule has 2 N–H and O–H groups in total. The van der Waals surface area contributed by atoms with Crippen molar-refractivity contribution in [2.75, 3.05) is 6.54 Å². The van der Waals surface area contributed by atoms with Crippen LogP contribution in [0, 0.1) is 30.9 Å². The number of rotatable bonds is 10. The van der Waals surface area contributed by atoms with Gasteiger partial charge in [-0.2, -0.15) is 9.78 Å². The van der Waals surface area contributed by atoms with Gasteiger partial charge in [0.25, 0.3) is 11.6 Å². The lowest BCUT2D eigenvalue weighted by Gasteiger charge is -2.15. The molecule has 1 saturated carbocycles. The van der Waals surface area contributed by atoms with Crippen molar-refractivity contribution < 1.29 is 22.9 Å². The van der Waals surface area contributed by atoms with Crippen LogP contribution >= 0.6 is 0 Å². The Labute approximate surface area is 215 Å². The molecule has 2 aromatic carbocycles. The summed E-state index contributed by atoms with van der Waals surface area (Å²) in [4.78, 5) is 23.3. The standard InChI is InChI=1S/C25H29N5O6S/c1-5-13-26-24(31)23-17(4)25(29(27-23)20-8-6-7-15(2)16(20)3)36-21-12-11-19(30(32)33)14-22(21)37(34,35)28-18-9-10-18/h6-8,11-12,14,18,28H,5,9-10,13H2,1-4H3,(H,26,31). The van der Waals surface area contributed by atoms with Gasteiger partial charge in [-0.1, -0.05) is 19.1 Å². The van der Waals surface area contributed by atoms with Crippen molar-refractivity contribution in [3.8, 4) is 17.3 Å². The molecule has 1 aliphatic rings. The topological polar surface area (TPSA) is 145 Å². The summed E-state index contributed by atoms with van der Waals surface area (Å²) in [6.07, 6.45) is 2.13. The van der Waals surface area contributed by atoms with E-state index in [1.165, 1.54) is 16.8 Å². The monoisotopic (exact) mass is 527 g/mol. The van der Waals surface area contributed by atoms with Crippen molar-refractivity contribution in [1.82, 2.24) is 19.8 Å². The van der Waals surface area contributed by atoms with Crippen molar-refractivity contribution in [1.29, 1.82) is 0 Å². The normalized spacial score (nSPS) is 13.4. The second kappa shape index (κ2) is 10.3. The Morgan fingerprint density at radius 2 is 1.92 bits per heavy atom. The highest BCUT2D eigenvalue weighted by Crippen LogP contribution is 2.37. The molecule has 3 aromatic rings. The fourth-order valence-corrected chi connectivity index (χ4v) is 5.21. The summed E-state index contributed by atoms with van der Waals surface area (Å²) in [6, 6.07) is 8.78. The van der Waals surface area contributed by atoms with Crippen molar-refractivity contribution in [2.45, 2.75) is 57.9 Å². The largest absolute Gasteiger partial charge is 0.437 e. The third-order valence-electron chi connectivity index (χ3n) is 6.16. The van der Waals surface area contributed by atoms with E-state index in [4.69, 9.17) is 4.74 Å². The van der Waals surface area contributed by atoms with Crippen LogP contribution in [0.25, 0.3) is 5.69 Å². The van der Waals surface area contributed by atoms with E-state index in [9.17, 15) is 23.3 Å². The van der Waals surface area contributed by atoms with E-state index >= 15 is 0 Å². The second-order valence-corrected chi connectivity index (χ2v) is 10.7. The number of aromatic nitrogens is 2. The van der Waals surface area contributed by atoms with Crippen molar-refractivity contribution >= 4 is 21.6 Å². The number of amides is 1. The maximum absolute atomic E-state index is 13.1. The molecule has 0 atom stereocenters. The predicted molar refractivity (Wildman–Crippen MR) is 137 cm³/mol. The number of nitro benzene ring substituents is 1. The van der Waals surface area contributed by atoms with Crippen molar-refractivity contribution in [3.63, 3.8) is 0 Å². The number of nitrogens with zero attached hydrogens (tertiary/aromatic N) is 3. The molecule has 37 heavy (non-hydrogen) atoms. The Bertz CT molecular complexity index is 1480. The van der Waals surface area contributed by atoms with E-state index in [1.807, 2.05) is 39.0 Å². The van der Waals surface area contributed by atoms with E-state index in [1.54, 1.807) is 6.92 Å². The van der Waals surface area contributed by atoms with Gasteiger partial charge in [-0.15, -0.1) is 0 Å². The molecular formula is C25H29N5O6S. The van der Waals surface area contributed by atoms with Gasteiger partial charge in [0.1, 0.15) is 10.6 Å². The highest BCUT2D eigenvalue weighted by molar-refractivity contribution is 7.89. The van der Waals surface area contributed by atoms with Crippen LogP contribution in [0.5, 0.6) is 11.6 Å². The van der Waals surface area contributed by atoms with Gasteiger partial charge in [-0.3, -0.25) is 14.9 Å². The van der Waals surface area contributed by atoms with Gasteiger partial charge in [-0.25, -0.2) is 13.1 Å². The number of carbonyl (C=O) groups excluding carboxylic acids is 1. The molecule has 0 unspecified atom stereocenters. The number of carbonyl (C=O) groups is 1. The van der Waals surface area contributed by atoms with Gasteiger partial charge in [0, 0.05) is 30.3 Å². The molecule has 4 rings (SSSR count). The van der Waals surface area contributed by atoms with Crippen LogP contribution in [-0.4, -0.2) is 41.6 Å². The Morgan fingerprint density at radius 3 is 2.57 bits per heavy atom. The summed E-state index contributed by atoms with van der Waals surface area (Å²) >= 11 is 0. The minimum Gasteiger partial charge on any atom is -0.437 e. The maximum atomic E-state index is 13.1. The smallest absolute Gasteiger partial charge is 0.272 e. The van der Waals surface area contributed by atoms with E-state index in [-0.39, 0.29) is 39.9 Å². The molecule has 0 aliphatic heterocycles. The first kappa shape index (κ1) is 26.3. The lowest BCUT2D eigenvalue weighted by molar-refractivity contribution is -0.385. The number of ether oxygens (including phenoxy) is 1. The summed E-state index contributed by atoms with van der Waals surface area (Å²) in [7, 11) is -4.12. The third kappa shape index (κ3) is 5.49. The Hall–Kier alpha value is -3.77. The van der Waals surface area contributed by atoms with Gasteiger partial charge < -0.3 is 10.1 Å². The Morgan fingerprint density at radius 1 is 1.19 bits per heavy atom. The molecule has 0 radical (unpaired) electrons. The van der Waals surface area contributed by atoms with E-state index in [0.29, 0.717) is 30.6 Å². The highest BCUT2D eigenvalue weighted by Gasteiger charge is 2.32. The first-order valence-corrected chi connectivity index (χ1v) is 13.4. The maximum Gasteiger partial charge on any atom is 0.272 e. The van der Waals surface area contributed by atoms with Gasteiger partial charge in [0.2, 0.25) is 15.9 Å². The Balaban J connectivity index is 1.88. The second-order valence-electron chi connectivity index (χ2n) is 9.05. The van der Waals surface area contributed by atoms with Gasteiger partial charge >= 0.3 is 0 Å². The Kier molecular flexibility index (Phi) is 7.32. The van der Waals surface area contributed by atoms with Gasteiger partial charge in [-0.05, 0) is 63.3 Å². The average molecular weight is 528 g/mol. The molecule has 0 saturated heterocycles. The SMILES string of the molecule is CCCNC(=O)c1nn(-c2cccc(C)c2C)c(Oc2ccc([N+](=O)[O-])cc2S(=O)(=O)NC2CC2)c1C. The molecule has 1 aromatic heterocycles.